The van der Waals surface area contributed by atoms with Gasteiger partial charge in [0.05, 0.1) is 13.2 Å². The maximum atomic E-state index is 7.00. The summed E-state index contributed by atoms with van der Waals surface area (Å²) in [5.74, 6) is 0.0758. The summed E-state index contributed by atoms with van der Waals surface area (Å²) in [5.41, 5.74) is 5.18. The number of ether oxygens (including phenoxy) is 2. The Hall–Kier alpha value is -0.610. The number of hydrogen-bond acceptors (Lipinski definition) is 3. The molecular formula is C6H12N2O2. The van der Waals surface area contributed by atoms with Crippen LogP contribution < -0.4 is 5.73 Å². The van der Waals surface area contributed by atoms with Crippen LogP contribution in [0.2, 0.25) is 0 Å². The highest BCUT2D eigenvalue weighted by atomic mass is 16.6. The van der Waals surface area contributed by atoms with Gasteiger partial charge in [0.1, 0.15) is 18.0 Å². The summed E-state index contributed by atoms with van der Waals surface area (Å²) in [6, 6.07) is 0. The van der Waals surface area contributed by atoms with Gasteiger partial charge in [-0.15, -0.1) is 0 Å². The molecule has 1 unspecified atom stereocenters. The van der Waals surface area contributed by atoms with Crippen LogP contribution in [0.15, 0.2) is 0 Å². The minimum atomic E-state index is -0.270. The third-order valence-corrected chi connectivity index (χ3v) is 1.44. The van der Waals surface area contributed by atoms with Crippen molar-refractivity contribution in [1.29, 1.82) is 5.41 Å². The SMILES string of the molecule is CC(OC1COC1)C(=N)N. The van der Waals surface area contributed by atoms with E-state index in [2.05, 4.69) is 0 Å². The first kappa shape index (κ1) is 7.50. The summed E-state index contributed by atoms with van der Waals surface area (Å²) in [6.45, 7) is 3.04. The highest BCUT2D eigenvalue weighted by molar-refractivity contribution is 5.81. The molecule has 0 aromatic rings. The van der Waals surface area contributed by atoms with E-state index < -0.39 is 0 Å². The van der Waals surface area contributed by atoms with E-state index in [4.69, 9.17) is 20.6 Å². The maximum absolute atomic E-state index is 7.00. The number of amidine groups is 1. The fourth-order valence-corrected chi connectivity index (χ4v) is 0.655. The normalized spacial score (nSPS) is 21.7. The predicted molar refractivity (Wildman–Crippen MR) is 37.1 cm³/mol. The van der Waals surface area contributed by atoms with Crippen LogP contribution in [0.1, 0.15) is 6.92 Å². The van der Waals surface area contributed by atoms with Crippen LogP contribution in [0.25, 0.3) is 0 Å². The fraction of sp³-hybridized carbons (Fsp3) is 0.833. The highest BCUT2D eigenvalue weighted by Gasteiger charge is 2.22. The Kier molecular flexibility index (Phi) is 2.24. The van der Waals surface area contributed by atoms with E-state index in [0.29, 0.717) is 13.2 Å². The quantitative estimate of drug-likeness (QED) is 0.423. The zero-order chi connectivity index (χ0) is 7.56. The van der Waals surface area contributed by atoms with Gasteiger partial charge < -0.3 is 15.2 Å². The van der Waals surface area contributed by atoms with Crippen LogP contribution in [-0.4, -0.2) is 31.3 Å². The van der Waals surface area contributed by atoms with Gasteiger partial charge >= 0.3 is 0 Å². The molecule has 4 nitrogen and oxygen atoms in total. The largest absolute Gasteiger partial charge is 0.385 e. The molecule has 0 spiro atoms. The van der Waals surface area contributed by atoms with Crippen LogP contribution in [0.4, 0.5) is 0 Å². The lowest BCUT2D eigenvalue weighted by Gasteiger charge is -2.28. The van der Waals surface area contributed by atoms with E-state index >= 15 is 0 Å². The van der Waals surface area contributed by atoms with Gasteiger partial charge in [-0.05, 0) is 6.92 Å². The molecule has 1 fully saturated rings. The number of nitrogens with two attached hydrogens (primary N) is 1. The number of nitrogens with one attached hydrogen (secondary N) is 1. The van der Waals surface area contributed by atoms with E-state index in [0.717, 1.165) is 0 Å². The Bertz CT molecular complexity index is 134. The van der Waals surface area contributed by atoms with Crippen molar-refractivity contribution in [3.8, 4) is 0 Å². The Morgan fingerprint density at radius 1 is 1.80 bits per heavy atom. The third kappa shape index (κ3) is 1.68. The second-order valence-electron chi connectivity index (χ2n) is 2.39. The number of rotatable bonds is 3. The highest BCUT2D eigenvalue weighted by Crippen LogP contribution is 2.07. The van der Waals surface area contributed by atoms with Gasteiger partial charge in [0.15, 0.2) is 0 Å². The molecule has 0 amide bonds. The second kappa shape index (κ2) is 2.98. The zero-order valence-electron chi connectivity index (χ0n) is 5.96. The van der Waals surface area contributed by atoms with Gasteiger partial charge in [-0.1, -0.05) is 0 Å². The molecule has 4 heteroatoms. The predicted octanol–water partition coefficient (Wildman–Crippen LogP) is -0.274. The Labute approximate surface area is 59.8 Å². The molecule has 0 aliphatic carbocycles. The molecular weight excluding hydrogens is 132 g/mol. The van der Waals surface area contributed by atoms with Crippen LogP contribution in [0.5, 0.6) is 0 Å². The van der Waals surface area contributed by atoms with Crippen molar-refractivity contribution >= 4 is 5.84 Å². The van der Waals surface area contributed by atoms with Gasteiger partial charge in [0, 0.05) is 0 Å². The van der Waals surface area contributed by atoms with Gasteiger partial charge in [-0.2, -0.15) is 0 Å². The molecule has 1 aliphatic rings. The molecule has 58 valence electrons. The van der Waals surface area contributed by atoms with E-state index in [-0.39, 0.29) is 18.0 Å². The van der Waals surface area contributed by atoms with E-state index in [1.807, 2.05) is 0 Å². The Morgan fingerprint density at radius 3 is 2.70 bits per heavy atom. The summed E-state index contributed by atoms with van der Waals surface area (Å²) >= 11 is 0. The standard InChI is InChI=1S/C6H12N2O2/c1-4(6(7)8)10-5-2-9-3-5/h4-5H,2-3H2,1H3,(H3,7,8). The van der Waals surface area contributed by atoms with Crippen molar-refractivity contribution in [1.82, 2.24) is 0 Å². The molecule has 1 rings (SSSR count). The first-order valence-corrected chi connectivity index (χ1v) is 3.27. The molecule has 0 aromatic heterocycles. The van der Waals surface area contributed by atoms with E-state index in [9.17, 15) is 0 Å². The lowest BCUT2D eigenvalue weighted by Crippen LogP contribution is -2.41. The Morgan fingerprint density at radius 2 is 2.40 bits per heavy atom. The summed E-state index contributed by atoms with van der Waals surface area (Å²) in [6.07, 6.45) is -0.118. The average Bonchev–Trinajstić information content (AvgIpc) is 1.77. The molecule has 1 atom stereocenters. The molecule has 3 N–H and O–H groups in total. The van der Waals surface area contributed by atoms with Crippen molar-refractivity contribution in [2.24, 2.45) is 5.73 Å². The summed E-state index contributed by atoms with van der Waals surface area (Å²) < 4.78 is 10.2. The molecule has 0 bridgehead atoms. The van der Waals surface area contributed by atoms with E-state index in [1.54, 1.807) is 6.92 Å². The third-order valence-electron chi connectivity index (χ3n) is 1.44. The lowest BCUT2D eigenvalue weighted by molar-refractivity contribution is -0.138. The first-order chi connectivity index (χ1) is 4.70. The van der Waals surface area contributed by atoms with Crippen molar-refractivity contribution in [3.63, 3.8) is 0 Å². The molecule has 0 radical (unpaired) electrons. The van der Waals surface area contributed by atoms with Crippen molar-refractivity contribution in [3.05, 3.63) is 0 Å². The molecule has 10 heavy (non-hydrogen) atoms. The van der Waals surface area contributed by atoms with Crippen LogP contribution >= 0.6 is 0 Å². The molecule has 0 aromatic carbocycles. The molecule has 1 aliphatic heterocycles. The fourth-order valence-electron chi connectivity index (χ4n) is 0.655. The summed E-state index contributed by atoms with van der Waals surface area (Å²) in [5, 5.41) is 7.00. The minimum Gasteiger partial charge on any atom is -0.385 e. The van der Waals surface area contributed by atoms with Gasteiger partial charge in [-0.25, -0.2) is 0 Å². The van der Waals surface area contributed by atoms with Gasteiger partial charge in [0.2, 0.25) is 0 Å². The molecule has 1 saturated heterocycles. The first-order valence-electron chi connectivity index (χ1n) is 3.27. The topological polar surface area (TPSA) is 68.3 Å². The Balaban J connectivity index is 2.16. The zero-order valence-corrected chi connectivity index (χ0v) is 5.96. The van der Waals surface area contributed by atoms with E-state index in [1.165, 1.54) is 0 Å². The average molecular weight is 144 g/mol. The van der Waals surface area contributed by atoms with Crippen molar-refractivity contribution in [2.45, 2.75) is 19.1 Å². The monoisotopic (exact) mass is 144 g/mol. The molecule has 1 heterocycles. The van der Waals surface area contributed by atoms with Crippen LogP contribution in [-0.2, 0) is 9.47 Å². The van der Waals surface area contributed by atoms with Crippen LogP contribution in [0, 0.1) is 5.41 Å². The van der Waals surface area contributed by atoms with Crippen molar-refractivity contribution < 1.29 is 9.47 Å². The maximum Gasteiger partial charge on any atom is 0.120 e. The van der Waals surface area contributed by atoms with Gasteiger partial charge in [-0.3, -0.25) is 5.41 Å². The smallest absolute Gasteiger partial charge is 0.120 e. The summed E-state index contributed by atoms with van der Waals surface area (Å²) in [4.78, 5) is 0. The van der Waals surface area contributed by atoms with Crippen molar-refractivity contribution in [2.75, 3.05) is 13.2 Å². The minimum absolute atomic E-state index is 0.0758. The van der Waals surface area contributed by atoms with Crippen LogP contribution in [0.3, 0.4) is 0 Å². The molecule has 0 saturated carbocycles. The number of hydrogen-bond donors (Lipinski definition) is 2. The summed E-state index contributed by atoms with van der Waals surface area (Å²) in [7, 11) is 0. The van der Waals surface area contributed by atoms with Gasteiger partial charge in [0.25, 0.3) is 0 Å². The lowest BCUT2D eigenvalue weighted by atomic mass is 10.3. The second-order valence-corrected chi connectivity index (χ2v) is 2.39.